The topological polar surface area (TPSA) is 29.1 Å². The van der Waals surface area contributed by atoms with Gasteiger partial charge in [0, 0.05) is 14.6 Å². The van der Waals surface area contributed by atoms with Gasteiger partial charge in [-0.2, -0.15) is 0 Å². The molecule has 0 unspecified atom stereocenters. The Morgan fingerprint density at radius 2 is 1.67 bits per heavy atom. The van der Waals surface area contributed by atoms with E-state index in [-0.39, 0.29) is 5.91 Å². The second-order valence-electron chi connectivity index (χ2n) is 3.87. The van der Waals surface area contributed by atoms with E-state index in [1.54, 1.807) is 0 Å². The quantitative estimate of drug-likeness (QED) is 0.854. The summed E-state index contributed by atoms with van der Waals surface area (Å²) in [5.41, 5.74) is 1.78. The zero-order valence-electron chi connectivity index (χ0n) is 9.49. The van der Waals surface area contributed by atoms with Crippen molar-refractivity contribution in [3.63, 3.8) is 0 Å². The van der Waals surface area contributed by atoms with Gasteiger partial charge < -0.3 is 5.32 Å². The van der Waals surface area contributed by atoms with E-state index < -0.39 is 0 Å². The Bertz CT molecular complexity index is 520. The summed E-state index contributed by atoms with van der Waals surface area (Å²) in [5, 5.41) is 2.87. The van der Waals surface area contributed by atoms with Crippen LogP contribution in [0.5, 0.6) is 0 Å². The predicted molar refractivity (Wildman–Crippen MR) is 80.6 cm³/mol. The molecule has 0 aliphatic rings. The van der Waals surface area contributed by atoms with E-state index in [4.69, 9.17) is 0 Å². The number of benzene rings is 2. The lowest BCUT2D eigenvalue weighted by Gasteiger charge is -2.06. The molecule has 4 heteroatoms. The fourth-order valence-electron chi connectivity index (χ4n) is 1.60. The van der Waals surface area contributed by atoms with Gasteiger partial charge in [0.2, 0.25) is 5.91 Å². The molecule has 0 saturated heterocycles. The van der Waals surface area contributed by atoms with Crippen molar-refractivity contribution in [2.45, 2.75) is 6.42 Å². The van der Waals surface area contributed by atoms with Crippen molar-refractivity contribution in [1.29, 1.82) is 0 Å². The SMILES string of the molecule is O=C(Cc1cccc(Br)c1)Nc1cccc(Br)c1. The van der Waals surface area contributed by atoms with Crippen LogP contribution in [0, 0.1) is 0 Å². The van der Waals surface area contributed by atoms with Crippen LogP contribution in [0.3, 0.4) is 0 Å². The predicted octanol–water partition coefficient (Wildman–Crippen LogP) is 4.39. The maximum Gasteiger partial charge on any atom is 0.228 e. The van der Waals surface area contributed by atoms with Crippen LogP contribution in [-0.4, -0.2) is 5.91 Å². The molecule has 2 nitrogen and oxygen atoms in total. The Hall–Kier alpha value is -1.13. The van der Waals surface area contributed by atoms with Crippen LogP contribution >= 0.6 is 31.9 Å². The van der Waals surface area contributed by atoms with Crippen LogP contribution in [0.1, 0.15) is 5.56 Å². The molecule has 0 radical (unpaired) electrons. The molecule has 0 spiro atoms. The lowest BCUT2D eigenvalue weighted by molar-refractivity contribution is -0.115. The van der Waals surface area contributed by atoms with Crippen LogP contribution in [-0.2, 0) is 11.2 Å². The summed E-state index contributed by atoms with van der Waals surface area (Å²) < 4.78 is 1.93. The maximum atomic E-state index is 11.9. The highest BCUT2D eigenvalue weighted by atomic mass is 79.9. The second kappa shape index (κ2) is 6.16. The first kappa shape index (κ1) is 13.3. The number of rotatable bonds is 3. The minimum atomic E-state index is -0.0220. The van der Waals surface area contributed by atoms with Gasteiger partial charge in [0.1, 0.15) is 0 Å². The molecule has 2 aromatic rings. The van der Waals surface area contributed by atoms with Crippen LogP contribution in [0.25, 0.3) is 0 Å². The van der Waals surface area contributed by atoms with E-state index in [9.17, 15) is 4.79 Å². The molecule has 0 saturated carbocycles. The van der Waals surface area contributed by atoms with Crippen molar-refractivity contribution < 1.29 is 4.79 Å². The summed E-state index contributed by atoms with van der Waals surface area (Å²) in [5.74, 6) is -0.0220. The number of amides is 1. The van der Waals surface area contributed by atoms with E-state index >= 15 is 0 Å². The number of anilines is 1. The van der Waals surface area contributed by atoms with Crippen molar-refractivity contribution in [2.75, 3.05) is 5.32 Å². The number of carbonyl (C=O) groups excluding carboxylic acids is 1. The van der Waals surface area contributed by atoms with E-state index in [0.29, 0.717) is 6.42 Å². The number of hydrogen-bond donors (Lipinski definition) is 1. The first-order valence-electron chi connectivity index (χ1n) is 5.43. The van der Waals surface area contributed by atoms with Crippen molar-refractivity contribution in [3.05, 3.63) is 63.0 Å². The second-order valence-corrected chi connectivity index (χ2v) is 5.70. The summed E-state index contributed by atoms with van der Waals surface area (Å²) in [6, 6.07) is 15.3. The van der Waals surface area contributed by atoms with Gasteiger partial charge in [0.05, 0.1) is 6.42 Å². The van der Waals surface area contributed by atoms with Gasteiger partial charge >= 0.3 is 0 Å². The molecule has 0 aliphatic carbocycles. The van der Waals surface area contributed by atoms with Gasteiger partial charge in [0.15, 0.2) is 0 Å². The van der Waals surface area contributed by atoms with Gasteiger partial charge in [-0.25, -0.2) is 0 Å². The number of carbonyl (C=O) groups is 1. The molecule has 2 aromatic carbocycles. The molecule has 1 amide bonds. The molecule has 0 aliphatic heterocycles. The summed E-state index contributed by atoms with van der Waals surface area (Å²) in [6.45, 7) is 0. The first-order chi connectivity index (χ1) is 8.63. The van der Waals surface area contributed by atoms with Crippen LogP contribution in [0.4, 0.5) is 5.69 Å². The average molecular weight is 369 g/mol. The first-order valence-corrected chi connectivity index (χ1v) is 7.02. The lowest BCUT2D eigenvalue weighted by Crippen LogP contribution is -2.14. The highest BCUT2D eigenvalue weighted by molar-refractivity contribution is 9.10. The van der Waals surface area contributed by atoms with Gasteiger partial charge in [-0.1, -0.05) is 50.1 Å². The van der Waals surface area contributed by atoms with E-state index in [0.717, 1.165) is 20.2 Å². The van der Waals surface area contributed by atoms with Crippen LogP contribution in [0.2, 0.25) is 0 Å². The largest absolute Gasteiger partial charge is 0.326 e. The molecule has 0 atom stereocenters. The Kier molecular flexibility index (Phi) is 4.55. The van der Waals surface area contributed by atoms with Crippen molar-refractivity contribution in [2.24, 2.45) is 0 Å². The summed E-state index contributed by atoms with van der Waals surface area (Å²) in [4.78, 5) is 11.9. The molecule has 1 N–H and O–H groups in total. The van der Waals surface area contributed by atoms with E-state index in [2.05, 4.69) is 37.2 Å². The third-order valence-electron chi connectivity index (χ3n) is 2.36. The van der Waals surface area contributed by atoms with Gasteiger partial charge in [-0.15, -0.1) is 0 Å². The molecule has 0 bridgehead atoms. The molecular weight excluding hydrogens is 358 g/mol. The van der Waals surface area contributed by atoms with Crippen LogP contribution in [0.15, 0.2) is 57.5 Å². The number of halogens is 2. The minimum Gasteiger partial charge on any atom is -0.326 e. The van der Waals surface area contributed by atoms with Gasteiger partial charge in [-0.05, 0) is 35.9 Å². The van der Waals surface area contributed by atoms with Crippen molar-refractivity contribution in [1.82, 2.24) is 0 Å². The van der Waals surface area contributed by atoms with Gasteiger partial charge in [0.25, 0.3) is 0 Å². The molecular formula is C14H11Br2NO. The van der Waals surface area contributed by atoms with Crippen LogP contribution < -0.4 is 5.32 Å². The zero-order valence-corrected chi connectivity index (χ0v) is 12.7. The molecule has 0 fully saturated rings. The Balaban J connectivity index is 2.01. The molecule has 0 aromatic heterocycles. The highest BCUT2D eigenvalue weighted by Crippen LogP contribution is 2.16. The Morgan fingerprint density at radius 3 is 2.33 bits per heavy atom. The number of hydrogen-bond acceptors (Lipinski definition) is 1. The summed E-state index contributed by atoms with van der Waals surface area (Å²) in [6.07, 6.45) is 0.367. The fourth-order valence-corrected chi connectivity index (χ4v) is 2.45. The molecule has 2 rings (SSSR count). The lowest BCUT2D eigenvalue weighted by atomic mass is 10.1. The third-order valence-corrected chi connectivity index (χ3v) is 3.35. The average Bonchev–Trinajstić information content (AvgIpc) is 2.28. The minimum absolute atomic E-state index is 0.0220. The Labute approximate surface area is 123 Å². The van der Waals surface area contributed by atoms with Crippen molar-refractivity contribution in [3.8, 4) is 0 Å². The summed E-state index contributed by atoms with van der Waals surface area (Å²) in [7, 11) is 0. The van der Waals surface area contributed by atoms with E-state index in [1.807, 2.05) is 48.5 Å². The third kappa shape index (κ3) is 3.96. The molecule has 0 heterocycles. The van der Waals surface area contributed by atoms with Gasteiger partial charge in [-0.3, -0.25) is 4.79 Å². The normalized spacial score (nSPS) is 10.1. The monoisotopic (exact) mass is 367 g/mol. The highest BCUT2D eigenvalue weighted by Gasteiger charge is 2.04. The number of nitrogens with one attached hydrogen (secondary N) is 1. The zero-order chi connectivity index (χ0) is 13.0. The maximum absolute atomic E-state index is 11.9. The van der Waals surface area contributed by atoms with Crippen molar-refractivity contribution >= 4 is 43.5 Å². The summed E-state index contributed by atoms with van der Waals surface area (Å²) >= 11 is 6.76. The Morgan fingerprint density at radius 1 is 1.00 bits per heavy atom. The smallest absolute Gasteiger partial charge is 0.228 e. The molecule has 18 heavy (non-hydrogen) atoms. The standard InChI is InChI=1S/C14H11Br2NO/c15-11-4-1-3-10(7-11)8-14(18)17-13-6-2-5-12(16)9-13/h1-7,9H,8H2,(H,17,18). The van der Waals surface area contributed by atoms with E-state index in [1.165, 1.54) is 0 Å². The molecule has 92 valence electrons. The fraction of sp³-hybridized carbons (Fsp3) is 0.0714.